The van der Waals surface area contributed by atoms with Gasteiger partial charge in [-0.1, -0.05) is 38.2 Å². The van der Waals surface area contributed by atoms with Crippen LogP contribution in [0.4, 0.5) is 0 Å². The molecule has 1 aliphatic rings. The molecule has 0 amide bonds. The highest BCUT2D eigenvalue weighted by Gasteiger charge is 2.17. The summed E-state index contributed by atoms with van der Waals surface area (Å²) in [5.74, 6) is 0.674. The third kappa shape index (κ3) is 5.05. The van der Waals surface area contributed by atoms with Crippen molar-refractivity contribution in [3.8, 4) is 0 Å². The number of aromatic nitrogens is 1. The van der Waals surface area contributed by atoms with Crippen LogP contribution in [0.1, 0.15) is 44.1 Å². The van der Waals surface area contributed by atoms with Crippen LogP contribution in [0.5, 0.6) is 0 Å². The second kappa shape index (κ2) is 7.87. The van der Waals surface area contributed by atoms with Crippen LogP contribution in [0.25, 0.3) is 0 Å². The third-order valence-electron chi connectivity index (χ3n) is 4.02. The molecule has 5 nitrogen and oxygen atoms in total. The Morgan fingerprint density at radius 3 is 2.62 bits per heavy atom. The van der Waals surface area contributed by atoms with E-state index in [0.29, 0.717) is 19.0 Å². The minimum absolute atomic E-state index is 0.103. The van der Waals surface area contributed by atoms with E-state index in [4.69, 9.17) is 0 Å². The van der Waals surface area contributed by atoms with Crippen molar-refractivity contribution in [1.82, 2.24) is 15.0 Å². The second-order valence-electron chi connectivity index (χ2n) is 5.73. The van der Waals surface area contributed by atoms with Crippen molar-refractivity contribution in [1.29, 1.82) is 0 Å². The fourth-order valence-corrected chi connectivity index (χ4v) is 3.80. The number of sulfonamides is 1. The maximum atomic E-state index is 12.2. The molecule has 21 heavy (non-hydrogen) atoms. The molecule has 2 N–H and O–H groups in total. The van der Waals surface area contributed by atoms with Gasteiger partial charge in [0.25, 0.3) is 10.0 Å². The Kier molecular flexibility index (Phi) is 6.14. The largest absolute Gasteiger partial charge is 0.316 e. The van der Waals surface area contributed by atoms with Crippen LogP contribution in [0.15, 0.2) is 23.4 Å². The summed E-state index contributed by atoms with van der Waals surface area (Å²) in [5, 5.41) is 3.11. The van der Waals surface area contributed by atoms with Crippen LogP contribution in [0, 0.1) is 5.92 Å². The van der Waals surface area contributed by atoms with Crippen molar-refractivity contribution in [2.75, 3.05) is 13.6 Å². The van der Waals surface area contributed by atoms with Crippen molar-refractivity contribution in [2.45, 2.75) is 50.1 Å². The van der Waals surface area contributed by atoms with Gasteiger partial charge in [-0.05, 0) is 31.0 Å². The molecule has 0 atom stereocenters. The van der Waals surface area contributed by atoms with E-state index in [1.165, 1.54) is 32.1 Å². The number of nitrogens with zero attached hydrogens (tertiary/aromatic N) is 1. The first-order chi connectivity index (χ1) is 10.1. The van der Waals surface area contributed by atoms with Gasteiger partial charge in [0.1, 0.15) is 0 Å². The summed E-state index contributed by atoms with van der Waals surface area (Å²) >= 11 is 0. The summed E-state index contributed by atoms with van der Waals surface area (Å²) in [6.45, 7) is 1.19. The minimum Gasteiger partial charge on any atom is -0.316 e. The lowest BCUT2D eigenvalue weighted by Gasteiger charge is -2.21. The number of nitrogens with one attached hydrogen (secondary N) is 2. The Balaban J connectivity index is 1.85. The number of hydrogen-bond acceptors (Lipinski definition) is 4. The van der Waals surface area contributed by atoms with Crippen molar-refractivity contribution in [3.63, 3.8) is 0 Å². The molecule has 6 heteroatoms. The fraction of sp³-hybridized carbons (Fsp3) is 0.667. The molecule has 1 aromatic rings. The van der Waals surface area contributed by atoms with E-state index in [2.05, 4.69) is 15.0 Å². The lowest BCUT2D eigenvalue weighted by molar-refractivity contribution is 0.339. The molecule has 0 saturated heterocycles. The van der Waals surface area contributed by atoms with Gasteiger partial charge in [-0.3, -0.25) is 0 Å². The molecule has 2 rings (SSSR count). The van der Waals surface area contributed by atoms with E-state index in [9.17, 15) is 8.42 Å². The highest BCUT2D eigenvalue weighted by atomic mass is 32.2. The Labute approximate surface area is 127 Å². The molecule has 0 spiro atoms. The van der Waals surface area contributed by atoms with Gasteiger partial charge in [-0.15, -0.1) is 0 Å². The van der Waals surface area contributed by atoms with Crippen molar-refractivity contribution in [3.05, 3.63) is 23.9 Å². The van der Waals surface area contributed by atoms with E-state index in [0.717, 1.165) is 12.0 Å². The standard InChI is InChI=1S/C15H25N3O2S/c1-16-11-14-7-8-15(17-12-14)21(19,20)18-10-9-13-5-3-2-4-6-13/h7-8,12-13,16,18H,2-6,9-11H2,1H3. The molecule has 0 bridgehead atoms. The normalized spacial score (nSPS) is 17.0. The predicted octanol–water partition coefficient (Wildman–Crippen LogP) is 2.05. The monoisotopic (exact) mass is 311 g/mol. The first-order valence-electron chi connectivity index (χ1n) is 7.71. The number of pyridine rings is 1. The van der Waals surface area contributed by atoms with Crippen LogP contribution in [-0.2, 0) is 16.6 Å². The average molecular weight is 311 g/mol. The van der Waals surface area contributed by atoms with Crippen LogP contribution in [0.2, 0.25) is 0 Å². The van der Waals surface area contributed by atoms with Crippen molar-refractivity contribution in [2.24, 2.45) is 5.92 Å². The quantitative estimate of drug-likeness (QED) is 0.808. The SMILES string of the molecule is CNCc1ccc(S(=O)(=O)NCCC2CCCCC2)nc1. The van der Waals surface area contributed by atoms with Crippen LogP contribution in [0.3, 0.4) is 0 Å². The van der Waals surface area contributed by atoms with Crippen LogP contribution in [-0.4, -0.2) is 27.0 Å². The van der Waals surface area contributed by atoms with Gasteiger partial charge in [0.05, 0.1) is 0 Å². The molecule has 1 heterocycles. The zero-order valence-electron chi connectivity index (χ0n) is 12.6. The Morgan fingerprint density at radius 2 is 2.00 bits per heavy atom. The van der Waals surface area contributed by atoms with Gasteiger partial charge in [-0.25, -0.2) is 18.1 Å². The molecule has 1 saturated carbocycles. The lowest BCUT2D eigenvalue weighted by Crippen LogP contribution is -2.27. The van der Waals surface area contributed by atoms with Gasteiger partial charge in [0.2, 0.25) is 0 Å². The minimum atomic E-state index is -3.47. The fourth-order valence-electron chi connectivity index (χ4n) is 2.83. The zero-order valence-corrected chi connectivity index (χ0v) is 13.5. The van der Waals surface area contributed by atoms with E-state index >= 15 is 0 Å². The summed E-state index contributed by atoms with van der Waals surface area (Å²) < 4.78 is 27.0. The molecular weight excluding hydrogens is 286 g/mol. The van der Waals surface area contributed by atoms with Crippen molar-refractivity contribution < 1.29 is 8.42 Å². The molecule has 118 valence electrons. The van der Waals surface area contributed by atoms with Crippen LogP contribution >= 0.6 is 0 Å². The summed E-state index contributed by atoms with van der Waals surface area (Å²) in [6, 6.07) is 3.36. The third-order valence-corrected chi connectivity index (χ3v) is 5.40. The van der Waals surface area contributed by atoms with E-state index in [1.54, 1.807) is 18.3 Å². The van der Waals surface area contributed by atoms with Gasteiger partial charge >= 0.3 is 0 Å². The van der Waals surface area contributed by atoms with Gasteiger partial charge < -0.3 is 5.32 Å². The maximum Gasteiger partial charge on any atom is 0.258 e. The molecule has 0 aliphatic heterocycles. The van der Waals surface area contributed by atoms with Crippen LogP contribution < -0.4 is 10.0 Å². The number of rotatable bonds is 7. The molecule has 1 fully saturated rings. The molecule has 0 aromatic carbocycles. The smallest absolute Gasteiger partial charge is 0.258 e. The Morgan fingerprint density at radius 1 is 1.24 bits per heavy atom. The predicted molar refractivity (Wildman–Crippen MR) is 83.4 cm³/mol. The average Bonchev–Trinajstić information content (AvgIpc) is 2.49. The topological polar surface area (TPSA) is 71.1 Å². The first-order valence-corrected chi connectivity index (χ1v) is 9.19. The van der Waals surface area contributed by atoms with E-state index < -0.39 is 10.0 Å². The van der Waals surface area contributed by atoms with Gasteiger partial charge in [-0.2, -0.15) is 0 Å². The molecular formula is C15H25N3O2S. The summed E-state index contributed by atoms with van der Waals surface area (Å²) in [6.07, 6.45) is 8.89. The molecule has 0 unspecified atom stereocenters. The van der Waals surface area contributed by atoms with Crippen molar-refractivity contribution >= 4 is 10.0 Å². The van der Waals surface area contributed by atoms with E-state index in [1.807, 2.05) is 7.05 Å². The maximum absolute atomic E-state index is 12.2. The molecule has 1 aromatic heterocycles. The first kappa shape index (κ1) is 16.4. The van der Waals surface area contributed by atoms with Gasteiger partial charge in [0, 0.05) is 19.3 Å². The lowest BCUT2D eigenvalue weighted by atomic mass is 9.87. The molecule has 0 radical (unpaired) electrons. The Bertz CT molecular complexity index is 522. The zero-order chi connectivity index (χ0) is 15.1. The highest BCUT2D eigenvalue weighted by molar-refractivity contribution is 7.89. The summed E-state index contributed by atoms with van der Waals surface area (Å²) in [4.78, 5) is 4.04. The highest BCUT2D eigenvalue weighted by Crippen LogP contribution is 2.25. The Hall–Kier alpha value is -0.980. The molecule has 1 aliphatic carbocycles. The summed E-state index contributed by atoms with van der Waals surface area (Å²) in [7, 11) is -1.63. The summed E-state index contributed by atoms with van der Waals surface area (Å²) in [5.41, 5.74) is 0.971. The number of hydrogen-bond donors (Lipinski definition) is 2. The van der Waals surface area contributed by atoms with E-state index in [-0.39, 0.29) is 5.03 Å². The second-order valence-corrected chi connectivity index (χ2v) is 7.44. The van der Waals surface area contributed by atoms with Gasteiger partial charge in [0.15, 0.2) is 5.03 Å².